The molecular formula is C14H21N3O3. The average Bonchev–Trinajstić information content (AvgIpc) is 2.43. The molecule has 1 atom stereocenters. The van der Waals surface area contributed by atoms with Gasteiger partial charge in [-0.25, -0.2) is 9.78 Å². The van der Waals surface area contributed by atoms with Crippen molar-refractivity contribution in [2.24, 2.45) is 5.92 Å². The number of aromatic nitrogens is 1. The first-order valence-electron chi connectivity index (χ1n) is 6.39. The zero-order valence-corrected chi connectivity index (χ0v) is 12.5. The Morgan fingerprint density at radius 3 is 2.50 bits per heavy atom. The molecule has 1 unspecified atom stereocenters. The Morgan fingerprint density at radius 2 is 2.00 bits per heavy atom. The molecule has 0 bridgehead atoms. The van der Waals surface area contributed by atoms with Crippen LogP contribution in [0.2, 0.25) is 0 Å². The van der Waals surface area contributed by atoms with Gasteiger partial charge in [-0.1, -0.05) is 13.8 Å². The molecule has 20 heavy (non-hydrogen) atoms. The van der Waals surface area contributed by atoms with Gasteiger partial charge in [-0.15, -0.1) is 0 Å². The zero-order valence-electron chi connectivity index (χ0n) is 12.5. The quantitative estimate of drug-likeness (QED) is 0.816. The molecule has 0 aliphatic rings. The van der Waals surface area contributed by atoms with Crippen molar-refractivity contribution in [2.45, 2.75) is 19.9 Å². The molecule has 1 heterocycles. The van der Waals surface area contributed by atoms with Crippen LogP contribution in [0.25, 0.3) is 0 Å². The molecule has 0 radical (unpaired) electrons. The molecule has 0 fully saturated rings. The van der Waals surface area contributed by atoms with E-state index in [4.69, 9.17) is 4.74 Å². The molecule has 110 valence electrons. The number of nitrogens with one attached hydrogen (secondary N) is 1. The van der Waals surface area contributed by atoms with Gasteiger partial charge in [-0.2, -0.15) is 0 Å². The summed E-state index contributed by atoms with van der Waals surface area (Å²) in [5, 5.41) is 2.69. The number of ether oxygens (including phenoxy) is 1. The molecule has 0 aliphatic carbocycles. The zero-order chi connectivity index (χ0) is 15.3. The summed E-state index contributed by atoms with van der Waals surface area (Å²) in [6, 6.07) is 2.62. The number of hydrogen-bond acceptors (Lipinski definition) is 5. The van der Waals surface area contributed by atoms with Gasteiger partial charge < -0.3 is 15.0 Å². The van der Waals surface area contributed by atoms with Gasteiger partial charge in [-0.3, -0.25) is 4.79 Å². The standard InChI is InChI=1S/C14H21N3O3/c1-9(2)12(14(19)20-5)16-13(18)10-6-7-15-11(8-10)17(3)4/h6-9,12H,1-5H3,(H,16,18). The van der Waals surface area contributed by atoms with E-state index in [-0.39, 0.29) is 11.8 Å². The summed E-state index contributed by atoms with van der Waals surface area (Å²) >= 11 is 0. The lowest BCUT2D eigenvalue weighted by molar-refractivity contribution is -0.144. The van der Waals surface area contributed by atoms with Crippen LogP contribution in [-0.4, -0.2) is 44.1 Å². The highest BCUT2D eigenvalue weighted by molar-refractivity contribution is 5.97. The minimum atomic E-state index is -0.663. The van der Waals surface area contributed by atoms with Gasteiger partial charge >= 0.3 is 5.97 Å². The summed E-state index contributed by atoms with van der Waals surface area (Å²) in [6.07, 6.45) is 1.56. The third kappa shape index (κ3) is 3.94. The number of amides is 1. The van der Waals surface area contributed by atoms with Gasteiger partial charge in [0.05, 0.1) is 7.11 Å². The molecule has 1 N–H and O–H groups in total. The SMILES string of the molecule is COC(=O)C(NC(=O)c1ccnc(N(C)C)c1)C(C)C. The van der Waals surface area contributed by atoms with E-state index in [2.05, 4.69) is 10.3 Å². The van der Waals surface area contributed by atoms with E-state index < -0.39 is 12.0 Å². The predicted molar refractivity (Wildman–Crippen MR) is 76.7 cm³/mol. The summed E-state index contributed by atoms with van der Waals surface area (Å²) in [4.78, 5) is 29.8. The third-order valence-electron chi connectivity index (χ3n) is 2.87. The first-order chi connectivity index (χ1) is 9.36. The van der Waals surface area contributed by atoms with E-state index in [1.165, 1.54) is 7.11 Å². The topological polar surface area (TPSA) is 71.5 Å². The molecule has 0 saturated heterocycles. The molecule has 1 rings (SSSR count). The fourth-order valence-corrected chi connectivity index (χ4v) is 1.65. The van der Waals surface area contributed by atoms with Crippen molar-refractivity contribution in [1.29, 1.82) is 0 Å². The second-order valence-corrected chi connectivity index (χ2v) is 5.02. The second-order valence-electron chi connectivity index (χ2n) is 5.02. The van der Waals surface area contributed by atoms with Gasteiger partial charge in [0.25, 0.3) is 5.91 Å². The Bertz CT molecular complexity index is 486. The van der Waals surface area contributed by atoms with E-state index in [9.17, 15) is 9.59 Å². The molecular weight excluding hydrogens is 258 g/mol. The van der Waals surface area contributed by atoms with Crippen LogP contribution in [0.3, 0.4) is 0 Å². The van der Waals surface area contributed by atoms with E-state index in [1.54, 1.807) is 23.2 Å². The Kier molecular flexibility index (Phi) is 5.49. The molecule has 6 nitrogen and oxygen atoms in total. The highest BCUT2D eigenvalue weighted by Gasteiger charge is 2.25. The lowest BCUT2D eigenvalue weighted by Gasteiger charge is -2.20. The van der Waals surface area contributed by atoms with Crippen LogP contribution in [0.15, 0.2) is 18.3 Å². The number of pyridine rings is 1. The maximum absolute atomic E-state index is 12.2. The first kappa shape index (κ1) is 15.9. The van der Waals surface area contributed by atoms with Gasteiger partial charge in [0.2, 0.25) is 0 Å². The van der Waals surface area contributed by atoms with Gasteiger partial charge in [0, 0.05) is 25.9 Å². The molecule has 0 spiro atoms. The lowest BCUT2D eigenvalue weighted by atomic mass is 10.0. The maximum atomic E-state index is 12.2. The van der Waals surface area contributed by atoms with Gasteiger partial charge in [0.15, 0.2) is 0 Å². The predicted octanol–water partition coefficient (Wildman–Crippen LogP) is 1.07. The second kappa shape index (κ2) is 6.88. The molecule has 1 aromatic heterocycles. The molecule has 0 aromatic carbocycles. The van der Waals surface area contributed by atoms with Crippen molar-refractivity contribution in [3.63, 3.8) is 0 Å². The number of nitrogens with zero attached hydrogens (tertiary/aromatic N) is 2. The average molecular weight is 279 g/mol. The van der Waals surface area contributed by atoms with Crippen LogP contribution in [0.1, 0.15) is 24.2 Å². The summed E-state index contributed by atoms with van der Waals surface area (Å²) in [7, 11) is 4.99. The number of esters is 1. The lowest BCUT2D eigenvalue weighted by Crippen LogP contribution is -2.45. The van der Waals surface area contributed by atoms with Gasteiger partial charge in [0.1, 0.15) is 11.9 Å². The Hall–Kier alpha value is -2.11. The van der Waals surface area contributed by atoms with Crippen molar-refractivity contribution in [3.8, 4) is 0 Å². The van der Waals surface area contributed by atoms with Crippen molar-refractivity contribution in [2.75, 3.05) is 26.1 Å². The minimum Gasteiger partial charge on any atom is -0.467 e. The minimum absolute atomic E-state index is 0.0541. The largest absolute Gasteiger partial charge is 0.467 e. The molecule has 1 aromatic rings. The number of anilines is 1. The molecule has 0 aliphatic heterocycles. The molecule has 0 saturated carbocycles. The van der Waals surface area contributed by atoms with Crippen molar-refractivity contribution in [3.05, 3.63) is 23.9 Å². The van der Waals surface area contributed by atoms with E-state index in [0.717, 1.165) is 0 Å². The highest BCUT2D eigenvalue weighted by Crippen LogP contribution is 2.11. The number of carbonyl (C=O) groups excluding carboxylic acids is 2. The molecule has 6 heteroatoms. The monoisotopic (exact) mass is 279 g/mol. The summed E-state index contributed by atoms with van der Waals surface area (Å²) in [5.74, 6) is -0.145. The normalized spacial score (nSPS) is 11.9. The smallest absolute Gasteiger partial charge is 0.328 e. The van der Waals surface area contributed by atoms with Crippen LogP contribution in [-0.2, 0) is 9.53 Å². The summed E-state index contributed by atoms with van der Waals surface area (Å²) in [5.41, 5.74) is 0.457. The van der Waals surface area contributed by atoms with Crippen LogP contribution in [0, 0.1) is 5.92 Å². The maximum Gasteiger partial charge on any atom is 0.328 e. The van der Waals surface area contributed by atoms with Crippen LogP contribution in [0.4, 0.5) is 5.82 Å². The fourth-order valence-electron chi connectivity index (χ4n) is 1.65. The Balaban J connectivity index is 2.89. The van der Waals surface area contributed by atoms with E-state index in [0.29, 0.717) is 11.4 Å². The number of rotatable bonds is 5. The van der Waals surface area contributed by atoms with Crippen LogP contribution in [0.5, 0.6) is 0 Å². The van der Waals surface area contributed by atoms with Crippen molar-refractivity contribution >= 4 is 17.7 Å². The Morgan fingerprint density at radius 1 is 1.35 bits per heavy atom. The van der Waals surface area contributed by atoms with Crippen LogP contribution < -0.4 is 10.2 Å². The summed E-state index contributed by atoms with van der Waals surface area (Å²) in [6.45, 7) is 3.69. The van der Waals surface area contributed by atoms with E-state index in [1.807, 2.05) is 27.9 Å². The van der Waals surface area contributed by atoms with Gasteiger partial charge in [-0.05, 0) is 18.1 Å². The number of carbonyl (C=O) groups is 2. The summed E-state index contributed by atoms with van der Waals surface area (Å²) < 4.78 is 4.70. The third-order valence-corrected chi connectivity index (χ3v) is 2.87. The van der Waals surface area contributed by atoms with E-state index >= 15 is 0 Å². The van der Waals surface area contributed by atoms with Crippen molar-refractivity contribution < 1.29 is 14.3 Å². The Labute approximate surface area is 119 Å². The highest BCUT2D eigenvalue weighted by atomic mass is 16.5. The number of methoxy groups -OCH3 is 1. The van der Waals surface area contributed by atoms with Crippen molar-refractivity contribution in [1.82, 2.24) is 10.3 Å². The van der Waals surface area contributed by atoms with Crippen LogP contribution >= 0.6 is 0 Å². The number of hydrogen-bond donors (Lipinski definition) is 1. The molecule has 1 amide bonds. The fraction of sp³-hybridized carbons (Fsp3) is 0.500. The first-order valence-corrected chi connectivity index (χ1v) is 6.39.